The number of carbonyl (C=O) groups is 2. The molecule has 1 aliphatic carbocycles. The summed E-state index contributed by atoms with van der Waals surface area (Å²) in [4.78, 5) is 32.0. The molecule has 2 atom stereocenters. The lowest BCUT2D eigenvalue weighted by Gasteiger charge is -2.42. The van der Waals surface area contributed by atoms with E-state index < -0.39 is 11.2 Å². The number of Topliss-reactive ketones (excluding diaryl/α,β-unsaturated/α-hetero) is 1. The minimum absolute atomic E-state index is 0.210. The molecule has 0 bridgehead atoms. The second-order valence-corrected chi connectivity index (χ2v) is 17.8. The van der Waals surface area contributed by atoms with Crippen molar-refractivity contribution in [1.29, 1.82) is 0 Å². The molecule has 1 saturated carbocycles. The largest absolute Gasteiger partial charge is 0.361 e. The molecule has 2 heterocycles. The van der Waals surface area contributed by atoms with E-state index in [1.165, 1.54) is 43.7 Å². The molecule has 344 valence electrons. The molecule has 1 amide bonds. The van der Waals surface area contributed by atoms with Crippen LogP contribution in [0.15, 0.2) is 82.7 Å². The Kier molecular flexibility index (Phi) is 26.8. The summed E-state index contributed by atoms with van der Waals surface area (Å²) in [6.07, 6.45) is 25.2. The zero-order valence-electron chi connectivity index (χ0n) is 41.4. The van der Waals surface area contributed by atoms with Crippen LogP contribution in [0.3, 0.4) is 0 Å². The summed E-state index contributed by atoms with van der Waals surface area (Å²) in [5.74, 6) is 2.74. The van der Waals surface area contributed by atoms with Gasteiger partial charge in [-0.05, 0) is 99.6 Å². The minimum atomic E-state index is -0.446. The van der Waals surface area contributed by atoms with Crippen LogP contribution in [0.4, 0.5) is 10.1 Å². The normalized spacial score (nSPS) is 19.9. The average molecular weight is 845 g/mol. The van der Waals surface area contributed by atoms with Gasteiger partial charge in [0.2, 0.25) is 5.91 Å². The molecule has 61 heavy (non-hydrogen) atoms. The Morgan fingerprint density at radius 1 is 0.984 bits per heavy atom. The van der Waals surface area contributed by atoms with Crippen molar-refractivity contribution >= 4 is 23.6 Å². The number of ketones is 1. The molecule has 1 aromatic carbocycles. The first kappa shape index (κ1) is 55.3. The molecule has 3 aliphatic rings. The number of dihydropyridines is 1. The Bertz CT molecular complexity index is 1630. The van der Waals surface area contributed by atoms with Gasteiger partial charge in [0.25, 0.3) is 0 Å². The van der Waals surface area contributed by atoms with Crippen molar-refractivity contribution in [2.24, 2.45) is 22.7 Å². The lowest BCUT2D eigenvalue weighted by molar-refractivity contribution is -0.125. The van der Waals surface area contributed by atoms with Gasteiger partial charge in [0.05, 0.1) is 22.9 Å². The smallest absolute Gasteiger partial charge is 0.237 e. The van der Waals surface area contributed by atoms with Gasteiger partial charge in [-0.1, -0.05) is 159 Å². The molecule has 0 spiro atoms. The number of fused-ring (bicyclic) bond motifs is 1. The first-order chi connectivity index (χ1) is 29.1. The Morgan fingerprint density at radius 2 is 1.59 bits per heavy atom. The topological polar surface area (TPSA) is 73.8 Å². The van der Waals surface area contributed by atoms with E-state index >= 15 is 0 Å². The lowest BCUT2D eigenvalue weighted by Crippen LogP contribution is -2.50. The number of nitrogens with zero attached hydrogens (tertiary/aromatic N) is 2. The summed E-state index contributed by atoms with van der Waals surface area (Å²) in [6.45, 7) is 33.0. The molecule has 7 heteroatoms. The number of halogens is 1. The van der Waals surface area contributed by atoms with Crippen LogP contribution in [0.2, 0.25) is 0 Å². The fourth-order valence-electron chi connectivity index (χ4n) is 8.07. The number of unbranched alkanes of at least 4 members (excludes halogenated alkanes) is 4. The van der Waals surface area contributed by atoms with Crippen LogP contribution in [0, 0.1) is 17.8 Å². The SMILES string of the molecule is C=C/C(F)=C(\C=C/C)NC1=C(C)C(N=CCC)=CC(c2ccc3c(c2)N(C2CC(CC)C2)C(=O)C3(CCC)CCC)N1.CC(C)C.CCC(=O)C(C)CC.CCCCCCC. The van der Waals surface area contributed by atoms with E-state index in [9.17, 15) is 14.0 Å². The van der Waals surface area contributed by atoms with E-state index in [1.54, 1.807) is 12.2 Å². The molecule has 0 aromatic heterocycles. The van der Waals surface area contributed by atoms with Crippen molar-refractivity contribution in [1.82, 2.24) is 10.6 Å². The number of carbonyl (C=O) groups excluding carboxylic acids is 2. The number of benzene rings is 1. The van der Waals surface area contributed by atoms with Gasteiger partial charge in [0.1, 0.15) is 17.4 Å². The molecule has 2 unspecified atom stereocenters. The van der Waals surface area contributed by atoms with Crippen LogP contribution in [0.1, 0.15) is 210 Å². The third-order valence-corrected chi connectivity index (χ3v) is 11.8. The third-order valence-electron chi connectivity index (χ3n) is 11.8. The molecule has 2 aliphatic heterocycles. The Labute approximate surface area is 374 Å². The van der Waals surface area contributed by atoms with Gasteiger partial charge >= 0.3 is 0 Å². The van der Waals surface area contributed by atoms with Gasteiger partial charge in [0, 0.05) is 35.9 Å². The maximum Gasteiger partial charge on any atom is 0.237 e. The summed E-state index contributed by atoms with van der Waals surface area (Å²) in [6, 6.07) is 6.64. The number of anilines is 1. The number of nitrogens with one attached hydrogen (secondary N) is 2. The highest BCUT2D eigenvalue weighted by atomic mass is 19.1. The molecular formula is C54H89FN4O2. The number of aliphatic imine (C=N–C) groups is 1. The van der Waals surface area contributed by atoms with Crippen LogP contribution in [0.25, 0.3) is 0 Å². The molecule has 6 nitrogen and oxygen atoms in total. The van der Waals surface area contributed by atoms with E-state index in [4.69, 9.17) is 4.99 Å². The Balaban J connectivity index is 0.000000813. The van der Waals surface area contributed by atoms with Crippen LogP contribution in [-0.2, 0) is 15.0 Å². The first-order valence-electron chi connectivity index (χ1n) is 24.3. The second kappa shape index (κ2) is 29.5. The number of rotatable bonds is 20. The van der Waals surface area contributed by atoms with Gasteiger partial charge in [0.15, 0.2) is 0 Å². The van der Waals surface area contributed by atoms with Crippen molar-refractivity contribution in [2.75, 3.05) is 4.90 Å². The van der Waals surface area contributed by atoms with Crippen LogP contribution in [0.5, 0.6) is 0 Å². The lowest BCUT2D eigenvalue weighted by atomic mass is 9.73. The van der Waals surface area contributed by atoms with E-state index in [0.717, 1.165) is 86.2 Å². The van der Waals surface area contributed by atoms with Gasteiger partial charge in [-0.3, -0.25) is 14.6 Å². The van der Waals surface area contributed by atoms with Crippen LogP contribution < -0.4 is 15.5 Å². The summed E-state index contributed by atoms with van der Waals surface area (Å²) in [7, 11) is 0. The van der Waals surface area contributed by atoms with E-state index in [-0.39, 0.29) is 23.9 Å². The van der Waals surface area contributed by atoms with E-state index in [1.807, 2.05) is 40.8 Å². The fraction of sp³-hybridized carbons (Fsp3) is 0.648. The number of amides is 1. The predicted octanol–water partition coefficient (Wildman–Crippen LogP) is 15.5. The summed E-state index contributed by atoms with van der Waals surface area (Å²) in [5.41, 5.74) is 4.93. The van der Waals surface area contributed by atoms with Crippen LogP contribution in [-0.4, -0.2) is 23.9 Å². The van der Waals surface area contributed by atoms with Crippen LogP contribution >= 0.6 is 0 Å². The first-order valence-corrected chi connectivity index (χ1v) is 24.3. The fourth-order valence-corrected chi connectivity index (χ4v) is 8.07. The number of allylic oxidation sites excluding steroid dienone is 5. The maximum absolute atomic E-state index is 14.7. The Hall–Kier alpha value is -3.74. The predicted molar refractivity (Wildman–Crippen MR) is 264 cm³/mol. The van der Waals surface area contributed by atoms with Crippen molar-refractivity contribution in [3.8, 4) is 0 Å². The monoisotopic (exact) mass is 845 g/mol. The molecule has 1 aromatic rings. The number of hydrogen-bond acceptors (Lipinski definition) is 5. The number of hydrogen-bond donors (Lipinski definition) is 2. The van der Waals surface area contributed by atoms with E-state index in [0.29, 0.717) is 29.6 Å². The molecule has 0 radical (unpaired) electrons. The zero-order valence-corrected chi connectivity index (χ0v) is 41.4. The summed E-state index contributed by atoms with van der Waals surface area (Å²) < 4.78 is 14.7. The van der Waals surface area contributed by atoms with Crippen molar-refractivity contribution in [3.63, 3.8) is 0 Å². The molecule has 0 saturated heterocycles. The van der Waals surface area contributed by atoms with Gasteiger partial charge in [-0.15, -0.1) is 0 Å². The summed E-state index contributed by atoms with van der Waals surface area (Å²) >= 11 is 0. The Morgan fingerprint density at radius 3 is 2.05 bits per heavy atom. The molecule has 1 fully saturated rings. The quantitative estimate of drug-likeness (QED) is 0.0779. The second-order valence-electron chi connectivity index (χ2n) is 17.8. The van der Waals surface area contributed by atoms with E-state index in [2.05, 4.69) is 109 Å². The van der Waals surface area contributed by atoms with Crippen molar-refractivity contribution in [2.45, 2.75) is 211 Å². The molecule has 4 rings (SSSR count). The van der Waals surface area contributed by atoms with Gasteiger partial charge in [-0.25, -0.2) is 4.39 Å². The summed E-state index contributed by atoms with van der Waals surface area (Å²) in [5, 5.41) is 6.86. The standard InChI is InChI=1S/C36H49FN4O.C7H14O.C7H16.C4H10/c1-8-14-30(29(37)13-6)39-34-24(7)31(38-19-11-4)23-32(40-34)26-15-16-28-33(22-26)41(27-20-25(12-5)21-27)35(42)36(28,17-9-2)18-10-3;1-4-6(3)7(8)5-2;1-3-5-7-6-4-2;1-4(2)3/h8,13-16,19,22-23,25,27,32,39-40H,6,9-12,17-18,20-21H2,1-5,7H3;6H,4-5H2,1-3H3;3-7H2,1-2H3;4H,1-3H3/b14-8-,30-29-,38-19?;;;. The van der Waals surface area contributed by atoms with Gasteiger partial charge in [-0.2, -0.15) is 0 Å². The molecular weight excluding hydrogens is 756 g/mol. The van der Waals surface area contributed by atoms with Crippen molar-refractivity contribution < 1.29 is 14.0 Å². The third kappa shape index (κ3) is 16.5. The molecule has 2 N–H and O–H groups in total. The van der Waals surface area contributed by atoms with Gasteiger partial charge < -0.3 is 15.5 Å². The minimum Gasteiger partial charge on any atom is -0.361 e. The highest BCUT2D eigenvalue weighted by Gasteiger charge is 2.53. The highest BCUT2D eigenvalue weighted by molar-refractivity contribution is 6.08. The zero-order chi connectivity index (χ0) is 46.1. The average Bonchev–Trinajstić information content (AvgIpc) is 3.45. The van der Waals surface area contributed by atoms with Crippen molar-refractivity contribution in [3.05, 3.63) is 88.8 Å². The maximum atomic E-state index is 14.7. The highest BCUT2D eigenvalue weighted by Crippen LogP contribution is 2.52.